The molecule has 1 heterocycles. The average molecular weight is 205 g/mol. The Morgan fingerprint density at radius 3 is 2.43 bits per heavy atom. The molecule has 80 valence electrons. The fraction of sp³-hybridized carbons (Fsp3) is 1.00. The maximum atomic E-state index is 9.37. The molecule has 0 amide bonds. The summed E-state index contributed by atoms with van der Waals surface area (Å²) in [5.74, 6) is 0. The predicted octanol–water partition coefficient (Wildman–Crippen LogP) is -1.90. The Balaban J connectivity index is 2.78. The second-order valence-corrected chi connectivity index (χ2v) is 2.92. The van der Waals surface area contributed by atoms with Gasteiger partial charge in [-0.2, -0.15) is 0 Å². The number of aliphatic hydroxyl groups excluding tert-OH is 4. The summed E-state index contributed by atoms with van der Waals surface area (Å²) in [6.45, 7) is -0.543. The highest BCUT2D eigenvalue weighted by molar-refractivity contribution is 4.92. The monoisotopic (exact) mass is 205 g/mol. The number of ether oxygens (including phenoxy) is 1. The summed E-state index contributed by atoms with van der Waals surface area (Å²) in [6.07, 6.45) is -5.45. The predicted molar refractivity (Wildman–Crippen MR) is 42.9 cm³/mol. The van der Waals surface area contributed by atoms with Gasteiger partial charge in [-0.15, -0.1) is 0 Å². The van der Waals surface area contributed by atoms with Crippen LogP contribution in [0.5, 0.6) is 0 Å². The summed E-state index contributed by atoms with van der Waals surface area (Å²) >= 11 is 0. The first kappa shape index (κ1) is 11.2. The molecule has 1 rings (SSSR count). The quantitative estimate of drug-likeness (QED) is 0.237. The topological polar surface area (TPSA) is 139 Å². The molecule has 0 spiro atoms. The highest BCUT2D eigenvalue weighted by atomic mass is 16.6. The molecule has 1 aliphatic rings. The van der Waals surface area contributed by atoms with Crippen LogP contribution in [0.15, 0.2) is 5.11 Å². The second-order valence-electron chi connectivity index (χ2n) is 2.92. The Hall–Kier alpha value is -0.890. The van der Waals surface area contributed by atoms with Gasteiger partial charge in [0.05, 0.1) is 12.7 Å². The molecule has 0 radical (unpaired) electrons. The fourth-order valence-corrected chi connectivity index (χ4v) is 1.27. The van der Waals surface area contributed by atoms with Crippen LogP contribution in [0.25, 0.3) is 10.4 Å². The van der Waals surface area contributed by atoms with Crippen molar-refractivity contribution in [2.45, 2.75) is 30.6 Å². The van der Waals surface area contributed by atoms with E-state index in [4.69, 9.17) is 15.4 Å². The van der Waals surface area contributed by atoms with Gasteiger partial charge in [0, 0.05) is 4.91 Å². The first-order chi connectivity index (χ1) is 6.61. The number of rotatable bonds is 2. The largest absolute Gasteiger partial charge is 0.394 e. The molecule has 0 aliphatic carbocycles. The van der Waals surface area contributed by atoms with Gasteiger partial charge in [0.15, 0.2) is 6.29 Å². The van der Waals surface area contributed by atoms with Crippen LogP contribution in [0.2, 0.25) is 0 Å². The molecule has 1 fully saturated rings. The number of azide groups is 1. The third kappa shape index (κ3) is 1.95. The number of aliphatic hydroxyl groups is 4. The van der Waals surface area contributed by atoms with Crippen molar-refractivity contribution in [3.8, 4) is 0 Å². The summed E-state index contributed by atoms with van der Waals surface area (Å²) in [5.41, 5.74) is 8.11. The first-order valence-electron chi connectivity index (χ1n) is 3.96. The highest BCUT2D eigenvalue weighted by Crippen LogP contribution is 2.21. The van der Waals surface area contributed by atoms with E-state index in [1.165, 1.54) is 0 Å². The van der Waals surface area contributed by atoms with E-state index in [9.17, 15) is 15.3 Å². The van der Waals surface area contributed by atoms with E-state index in [2.05, 4.69) is 10.0 Å². The van der Waals surface area contributed by atoms with Crippen molar-refractivity contribution in [1.82, 2.24) is 0 Å². The number of hydrogen-bond donors (Lipinski definition) is 4. The van der Waals surface area contributed by atoms with Crippen LogP contribution < -0.4 is 0 Å². The molecule has 5 atom stereocenters. The van der Waals surface area contributed by atoms with Crippen molar-refractivity contribution in [3.05, 3.63) is 10.4 Å². The van der Waals surface area contributed by atoms with Gasteiger partial charge in [0.2, 0.25) is 0 Å². The van der Waals surface area contributed by atoms with Crippen molar-refractivity contribution in [3.63, 3.8) is 0 Å². The SMILES string of the molecule is [N-]=[N+]=N[C@@H]1[C@@H](O)[C@@H](O)[C@@H](CO)O[C@H]1O. The van der Waals surface area contributed by atoms with Crippen LogP contribution in [-0.4, -0.2) is 57.7 Å². The summed E-state index contributed by atoms with van der Waals surface area (Å²) in [4.78, 5) is 2.40. The fourth-order valence-electron chi connectivity index (χ4n) is 1.27. The minimum absolute atomic E-state index is 0.543. The molecule has 0 aromatic carbocycles. The van der Waals surface area contributed by atoms with Gasteiger partial charge in [0.25, 0.3) is 0 Å². The normalized spacial score (nSPS) is 43.0. The lowest BCUT2D eigenvalue weighted by atomic mass is 9.98. The van der Waals surface area contributed by atoms with Gasteiger partial charge in [0.1, 0.15) is 18.2 Å². The molecule has 8 heteroatoms. The average Bonchev–Trinajstić information content (AvgIpc) is 2.18. The maximum absolute atomic E-state index is 9.37. The van der Waals surface area contributed by atoms with Crippen molar-refractivity contribution >= 4 is 0 Å². The minimum atomic E-state index is -1.53. The third-order valence-electron chi connectivity index (χ3n) is 2.05. The van der Waals surface area contributed by atoms with Crippen LogP contribution in [0.3, 0.4) is 0 Å². The number of hydrogen-bond acceptors (Lipinski definition) is 6. The smallest absolute Gasteiger partial charge is 0.166 e. The van der Waals surface area contributed by atoms with E-state index in [-0.39, 0.29) is 0 Å². The molecule has 8 nitrogen and oxygen atoms in total. The Morgan fingerprint density at radius 1 is 1.29 bits per heavy atom. The van der Waals surface area contributed by atoms with E-state index >= 15 is 0 Å². The van der Waals surface area contributed by atoms with Gasteiger partial charge in [-0.05, 0) is 5.53 Å². The molecule has 0 saturated carbocycles. The molecule has 0 unspecified atom stereocenters. The van der Waals surface area contributed by atoms with E-state index in [0.717, 1.165) is 0 Å². The summed E-state index contributed by atoms with van der Waals surface area (Å²) in [6, 6.07) is -1.27. The van der Waals surface area contributed by atoms with Crippen LogP contribution >= 0.6 is 0 Å². The van der Waals surface area contributed by atoms with Gasteiger partial charge >= 0.3 is 0 Å². The second kappa shape index (κ2) is 4.56. The molecule has 0 bridgehead atoms. The van der Waals surface area contributed by atoms with Gasteiger partial charge in [-0.1, -0.05) is 5.11 Å². The molecular weight excluding hydrogens is 194 g/mol. The Kier molecular flexibility index (Phi) is 3.64. The molecule has 1 aliphatic heterocycles. The van der Waals surface area contributed by atoms with Crippen molar-refractivity contribution in [1.29, 1.82) is 0 Å². The molecule has 0 aromatic heterocycles. The Labute approximate surface area is 79.0 Å². The zero-order valence-electron chi connectivity index (χ0n) is 7.13. The van der Waals surface area contributed by atoms with Gasteiger partial charge in [-0.3, -0.25) is 0 Å². The van der Waals surface area contributed by atoms with Crippen LogP contribution in [0.1, 0.15) is 0 Å². The van der Waals surface area contributed by atoms with Crippen molar-refractivity contribution in [2.75, 3.05) is 6.61 Å². The van der Waals surface area contributed by atoms with Crippen LogP contribution in [0, 0.1) is 0 Å². The lowest BCUT2D eigenvalue weighted by molar-refractivity contribution is -0.248. The zero-order valence-corrected chi connectivity index (χ0v) is 7.13. The lowest BCUT2D eigenvalue weighted by Gasteiger charge is -2.37. The first-order valence-corrected chi connectivity index (χ1v) is 3.96. The van der Waals surface area contributed by atoms with Crippen LogP contribution in [0.4, 0.5) is 0 Å². The number of nitrogens with zero attached hydrogens (tertiary/aromatic N) is 3. The molecule has 0 aromatic rings. The molecule has 4 N–H and O–H groups in total. The zero-order chi connectivity index (χ0) is 10.7. The maximum Gasteiger partial charge on any atom is 0.166 e. The van der Waals surface area contributed by atoms with E-state index < -0.39 is 37.3 Å². The molecule has 1 saturated heterocycles. The summed E-state index contributed by atoms with van der Waals surface area (Å²) in [5, 5.41) is 39.7. The van der Waals surface area contributed by atoms with Crippen LogP contribution in [-0.2, 0) is 4.74 Å². The van der Waals surface area contributed by atoms with E-state index in [1.54, 1.807) is 0 Å². The summed E-state index contributed by atoms with van der Waals surface area (Å²) in [7, 11) is 0. The standard InChI is InChI=1S/C6H11N3O5/c7-9-8-3-5(12)4(11)2(1-10)14-6(3)13/h2-6,10-13H,1H2/t2-,3-,4+,5-,6-/m1/s1. The molecule has 14 heavy (non-hydrogen) atoms. The highest BCUT2D eigenvalue weighted by Gasteiger charge is 2.43. The Bertz CT molecular complexity index is 244. The van der Waals surface area contributed by atoms with Gasteiger partial charge in [-0.25, -0.2) is 0 Å². The summed E-state index contributed by atoms with van der Waals surface area (Å²) < 4.78 is 4.71. The minimum Gasteiger partial charge on any atom is -0.394 e. The molecular formula is C6H11N3O5. The van der Waals surface area contributed by atoms with Crippen molar-refractivity contribution < 1.29 is 25.2 Å². The van der Waals surface area contributed by atoms with E-state index in [0.29, 0.717) is 0 Å². The lowest BCUT2D eigenvalue weighted by Crippen LogP contribution is -2.57. The third-order valence-corrected chi connectivity index (χ3v) is 2.05. The van der Waals surface area contributed by atoms with E-state index in [1.807, 2.05) is 0 Å². The van der Waals surface area contributed by atoms with Crippen molar-refractivity contribution in [2.24, 2.45) is 5.11 Å². The Morgan fingerprint density at radius 2 is 1.93 bits per heavy atom. The van der Waals surface area contributed by atoms with Gasteiger partial charge < -0.3 is 25.2 Å².